The van der Waals surface area contributed by atoms with Crippen molar-refractivity contribution in [2.75, 3.05) is 53.6 Å². The Hall–Kier alpha value is -1.26. The van der Waals surface area contributed by atoms with Crippen molar-refractivity contribution in [3.8, 4) is 11.5 Å². The van der Waals surface area contributed by atoms with E-state index < -0.39 is 0 Å². The van der Waals surface area contributed by atoms with Crippen molar-refractivity contribution in [1.29, 1.82) is 0 Å². The molecule has 1 aromatic rings. The predicted octanol–water partition coefficient (Wildman–Crippen LogP) is 2.43. The lowest BCUT2D eigenvalue weighted by atomic mass is 10.2. The molecule has 0 saturated carbocycles. The standard InChI is InChI=1S/C19H34N4O3.HI/c1-5-20-19(21-10-12-23(3)11-7-13-25-4)22-15-16-8-9-17(24)18(14-16)26-6-2;/h8-9,14,24H,5-7,10-13,15H2,1-4H3,(H2,20,21,22);1H. The minimum Gasteiger partial charge on any atom is -0.504 e. The van der Waals surface area contributed by atoms with Crippen molar-refractivity contribution in [3.05, 3.63) is 23.8 Å². The zero-order valence-electron chi connectivity index (χ0n) is 17.0. The number of methoxy groups -OCH3 is 1. The van der Waals surface area contributed by atoms with E-state index in [1.165, 1.54) is 0 Å². The van der Waals surface area contributed by atoms with Gasteiger partial charge in [-0.2, -0.15) is 0 Å². The van der Waals surface area contributed by atoms with E-state index in [1.807, 2.05) is 26.0 Å². The zero-order chi connectivity index (χ0) is 19.2. The summed E-state index contributed by atoms with van der Waals surface area (Å²) in [6.07, 6.45) is 1.03. The van der Waals surface area contributed by atoms with Crippen LogP contribution in [0.5, 0.6) is 11.5 Å². The van der Waals surface area contributed by atoms with Crippen LogP contribution in [0.1, 0.15) is 25.8 Å². The van der Waals surface area contributed by atoms with Crippen LogP contribution in [0.3, 0.4) is 0 Å². The molecule has 0 atom stereocenters. The number of likely N-dealkylation sites (N-methyl/N-ethyl adjacent to an activating group) is 1. The summed E-state index contributed by atoms with van der Waals surface area (Å²) < 4.78 is 10.5. The first-order valence-electron chi connectivity index (χ1n) is 9.25. The zero-order valence-corrected chi connectivity index (χ0v) is 19.3. The van der Waals surface area contributed by atoms with Crippen LogP contribution in [0.4, 0.5) is 0 Å². The first-order valence-corrected chi connectivity index (χ1v) is 9.25. The van der Waals surface area contributed by atoms with Crippen molar-refractivity contribution in [2.45, 2.75) is 26.8 Å². The van der Waals surface area contributed by atoms with Gasteiger partial charge in [0.05, 0.1) is 13.2 Å². The quantitative estimate of drug-likeness (QED) is 0.179. The second-order valence-electron chi connectivity index (χ2n) is 6.01. The molecule has 0 saturated heterocycles. The topological polar surface area (TPSA) is 78.4 Å². The number of phenols is 1. The molecule has 156 valence electrons. The Balaban J connectivity index is 0.00000676. The summed E-state index contributed by atoms with van der Waals surface area (Å²) in [6, 6.07) is 5.33. The number of guanidine groups is 1. The summed E-state index contributed by atoms with van der Waals surface area (Å²) >= 11 is 0. The van der Waals surface area contributed by atoms with Crippen molar-refractivity contribution in [1.82, 2.24) is 15.5 Å². The highest BCUT2D eigenvalue weighted by Gasteiger charge is 2.04. The molecule has 0 bridgehead atoms. The van der Waals surface area contributed by atoms with E-state index in [0.717, 1.165) is 50.7 Å². The number of hydrogen-bond donors (Lipinski definition) is 3. The summed E-state index contributed by atoms with van der Waals surface area (Å²) in [5.74, 6) is 1.43. The highest BCUT2D eigenvalue weighted by atomic mass is 127. The lowest BCUT2D eigenvalue weighted by molar-refractivity contribution is 0.180. The van der Waals surface area contributed by atoms with Gasteiger partial charge in [-0.25, -0.2) is 4.99 Å². The first kappa shape index (κ1) is 25.7. The van der Waals surface area contributed by atoms with E-state index >= 15 is 0 Å². The molecule has 0 aromatic heterocycles. The Bertz CT molecular complexity index is 544. The Kier molecular flexibility index (Phi) is 15.0. The summed E-state index contributed by atoms with van der Waals surface area (Å²) in [5.41, 5.74) is 0.986. The molecule has 8 heteroatoms. The molecule has 0 radical (unpaired) electrons. The average molecular weight is 494 g/mol. The van der Waals surface area contributed by atoms with Gasteiger partial charge in [0, 0.05) is 39.9 Å². The summed E-state index contributed by atoms with van der Waals surface area (Å²) in [5, 5.41) is 16.4. The van der Waals surface area contributed by atoms with E-state index in [9.17, 15) is 5.11 Å². The number of benzene rings is 1. The Morgan fingerprint density at radius 1 is 1.22 bits per heavy atom. The fraction of sp³-hybridized carbons (Fsp3) is 0.632. The Morgan fingerprint density at radius 2 is 2.00 bits per heavy atom. The molecule has 0 aliphatic rings. The van der Waals surface area contributed by atoms with Crippen LogP contribution in [-0.4, -0.2) is 69.5 Å². The molecule has 7 nitrogen and oxygen atoms in total. The van der Waals surface area contributed by atoms with Gasteiger partial charge in [0.2, 0.25) is 0 Å². The average Bonchev–Trinajstić information content (AvgIpc) is 2.62. The smallest absolute Gasteiger partial charge is 0.191 e. The minimum atomic E-state index is 0. The van der Waals surface area contributed by atoms with Crippen molar-refractivity contribution in [3.63, 3.8) is 0 Å². The number of rotatable bonds is 12. The second-order valence-corrected chi connectivity index (χ2v) is 6.01. The predicted molar refractivity (Wildman–Crippen MR) is 121 cm³/mol. The molecule has 0 spiro atoms. The van der Waals surface area contributed by atoms with Gasteiger partial charge in [0.15, 0.2) is 17.5 Å². The van der Waals surface area contributed by atoms with Gasteiger partial charge < -0.3 is 30.1 Å². The number of aliphatic imine (C=N–C) groups is 1. The summed E-state index contributed by atoms with van der Waals surface area (Å²) in [6.45, 7) is 9.31. The number of aromatic hydroxyl groups is 1. The van der Waals surface area contributed by atoms with Crippen LogP contribution in [0.25, 0.3) is 0 Å². The Morgan fingerprint density at radius 3 is 2.67 bits per heavy atom. The second kappa shape index (κ2) is 15.8. The number of nitrogens with zero attached hydrogens (tertiary/aromatic N) is 2. The fourth-order valence-electron chi connectivity index (χ4n) is 2.40. The minimum absolute atomic E-state index is 0. The number of phenolic OH excluding ortho intramolecular Hbond substituents is 1. The highest BCUT2D eigenvalue weighted by Crippen LogP contribution is 2.26. The van der Waals surface area contributed by atoms with Gasteiger partial charge in [-0.05, 0) is 45.0 Å². The number of halogens is 1. The monoisotopic (exact) mass is 494 g/mol. The lowest BCUT2D eigenvalue weighted by Crippen LogP contribution is -2.41. The van der Waals surface area contributed by atoms with Crippen LogP contribution in [0.2, 0.25) is 0 Å². The van der Waals surface area contributed by atoms with Gasteiger partial charge in [-0.15, -0.1) is 24.0 Å². The molecule has 0 aliphatic heterocycles. The van der Waals surface area contributed by atoms with Crippen LogP contribution >= 0.6 is 24.0 Å². The lowest BCUT2D eigenvalue weighted by Gasteiger charge is -2.18. The van der Waals surface area contributed by atoms with Gasteiger partial charge in [0.1, 0.15) is 0 Å². The van der Waals surface area contributed by atoms with Gasteiger partial charge in [-0.3, -0.25) is 0 Å². The maximum Gasteiger partial charge on any atom is 0.191 e. The Labute approximate surface area is 180 Å². The molecule has 3 N–H and O–H groups in total. The summed E-state index contributed by atoms with van der Waals surface area (Å²) in [4.78, 5) is 6.87. The van der Waals surface area contributed by atoms with Crippen molar-refractivity contribution >= 4 is 29.9 Å². The van der Waals surface area contributed by atoms with E-state index in [4.69, 9.17) is 9.47 Å². The van der Waals surface area contributed by atoms with Gasteiger partial charge in [0.25, 0.3) is 0 Å². The third-order valence-corrected chi connectivity index (χ3v) is 3.76. The molecule has 1 rings (SSSR count). The van der Waals surface area contributed by atoms with Crippen LogP contribution in [0, 0.1) is 0 Å². The van der Waals surface area contributed by atoms with Gasteiger partial charge >= 0.3 is 0 Å². The molecule has 0 amide bonds. The normalized spacial score (nSPS) is 11.2. The van der Waals surface area contributed by atoms with E-state index in [0.29, 0.717) is 18.9 Å². The van der Waals surface area contributed by atoms with Crippen LogP contribution in [0.15, 0.2) is 23.2 Å². The largest absolute Gasteiger partial charge is 0.504 e. The SMILES string of the molecule is CCNC(=NCc1ccc(O)c(OCC)c1)NCCN(C)CCCOC.I. The highest BCUT2D eigenvalue weighted by molar-refractivity contribution is 14.0. The molecule has 0 heterocycles. The number of ether oxygens (including phenoxy) is 2. The van der Waals surface area contributed by atoms with E-state index in [2.05, 4.69) is 27.6 Å². The summed E-state index contributed by atoms with van der Waals surface area (Å²) in [7, 11) is 3.83. The number of hydrogen-bond acceptors (Lipinski definition) is 5. The molecule has 27 heavy (non-hydrogen) atoms. The van der Waals surface area contributed by atoms with Crippen molar-refractivity contribution < 1.29 is 14.6 Å². The van der Waals surface area contributed by atoms with E-state index in [1.54, 1.807) is 13.2 Å². The molecule has 0 aliphatic carbocycles. The van der Waals surface area contributed by atoms with Crippen LogP contribution in [-0.2, 0) is 11.3 Å². The molecule has 0 unspecified atom stereocenters. The molecular weight excluding hydrogens is 459 g/mol. The maximum absolute atomic E-state index is 9.78. The first-order chi connectivity index (χ1) is 12.6. The third-order valence-electron chi connectivity index (χ3n) is 3.76. The number of nitrogens with one attached hydrogen (secondary N) is 2. The van der Waals surface area contributed by atoms with Crippen molar-refractivity contribution in [2.24, 2.45) is 4.99 Å². The van der Waals surface area contributed by atoms with Crippen LogP contribution < -0.4 is 15.4 Å². The van der Waals surface area contributed by atoms with Gasteiger partial charge in [-0.1, -0.05) is 6.07 Å². The molecule has 1 aromatic carbocycles. The molecular formula is C19H35IN4O3. The molecule has 0 fully saturated rings. The third kappa shape index (κ3) is 11.2. The van der Waals surface area contributed by atoms with E-state index in [-0.39, 0.29) is 29.7 Å². The fourth-order valence-corrected chi connectivity index (χ4v) is 2.40. The maximum atomic E-state index is 9.78.